The molecule has 0 spiro atoms. The Hall–Kier alpha value is -3.25. The van der Waals surface area contributed by atoms with Crippen LogP contribution in [0.5, 0.6) is 0 Å². The fourth-order valence-electron chi connectivity index (χ4n) is 2.54. The van der Waals surface area contributed by atoms with Gasteiger partial charge in [0.1, 0.15) is 0 Å². The predicted molar refractivity (Wildman–Crippen MR) is 106 cm³/mol. The molecule has 2 heterocycles. The summed E-state index contributed by atoms with van der Waals surface area (Å²) in [7, 11) is 0. The largest absolute Gasteiger partial charge is 0.357 e. The summed E-state index contributed by atoms with van der Waals surface area (Å²) in [5, 5.41) is 7.08. The third kappa shape index (κ3) is 3.70. The van der Waals surface area contributed by atoms with E-state index in [0.29, 0.717) is 12.1 Å². The summed E-state index contributed by atoms with van der Waals surface area (Å²) in [6.07, 6.45) is 3.29. The number of hydrogen-bond donors (Lipinski definition) is 2. The number of nitrogens with one attached hydrogen (secondary N) is 2. The van der Waals surface area contributed by atoms with Gasteiger partial charge >= 0.3 is 0 Å². The molecule has 0 radical (unpaired) electrons. The number of fused-ring (bicyclic) bond motifs is 1. The van der Waals surface area contributed by atoms with E-state index in [1.807, 2.05) is 42.5 Å². The first-order valence-electron chi connectivity index (χ1n) is 8.18. The van der Waals surface area contributed by atoms with Gasteiger partial charge in [-0.2, -0.15) is 0 Å². The minimum absolute atomic E-state index is 0.137. The number of pyridine rings is 1. The van der Waals surface area contributed by atoms with Crippen LogP contribution in [0.25, 0.3) is 10.2 Å². The number of rotatable bonds is 5. The lowest BCUT2D eigenvalue weighted by Gasteiger charge is -2.06. The number of aromatic nitrogens is 2. The van der Waals surface area contributed by atoms with Crippen molar-refractivity contribution in [1.82, 2.24) is 9.97 Å². The van der Waals surface area contributed by atoms with E-state index >= 15 is 0 Å². The zero-order valence-electron chi connectivity index (χ0n) is 13.8. The van der Waals surface area contributed by atoms with Crippen LogP contribution in [0.4, 0.5) is 10.8 Å². The van der Waals surface area contributed by atoms with E-state index < -0.39 is 0 Å². The van der Waals surface area contributed by atoms with Crippen LogP contribution in [0, 0.1) is 0 Å². The average Bonchev–Trinajstić information content (AvgIpc) is 3.10. The molecule has 2 aromatic carbocycles. The Balaban J connectivity index is 1.38. The Bertz CT molecular complexity index is 996. The molecule has 128 valence electrons. The number of carbonyl (C=O) groups is 1. The van der Waals surface area contributed by atoms with Crippen LogP contribution in [0.3, 0.4) is 0 Å². The van der Waals surface area contributed by atoms with E-state index in [0.717, 1.165) is 26.6 Å². The number of benzene rings is 2. The molecule has 5 nitrogen and oxygen atoms in total. The van der Waals surface area contributed by atoms with E-state index in [2.05, 4.69) is 26.7 Å². The van der Waals surface area contributed by atoms with Crippen molar-refractivity contribution >= 4 is 38.3 Å². The second-order valence-corrected chi connectivity index (χ2v) is 6.76. The summed E-state index contributed by atoms with van der Waals surface area (Å²) >= 11 is 1.63. The van der Waals surface area contributed by atoms with E-state index in [1.54, 1.807) is 35.9 Å². The van der Waals surface area contributed by atoms with Crippen LogP contribution < -0.4 is 10.6 Å². The molecule has 0 aliphatic carbocycles. The maximum absolute atomic E-state index is 12.2. The molecule has 0 bridgehead atoms. The van der Waals surface area contributed by atoms with Gasteiger partial charge in [-0.15, -0.1) is 0 Å². The van der Waals surface area contributed by atoms with Crippen LogP contribution in [0.1, 0.15) is 15.9 Å². The number of carbonyl (C=O) groups excluding carboxylic acids is 1. The monoisotopic (exact) mass is 360 g/mol. The van der Waals surface area contributed by atoms with Gasteiger partial charge in [0.05, 0.1) is 10.2 Å². The molecular formula is C20H16N4OS. The minimum atomic E-state index is -0.137. The van der Waals surface area contributed by atoms with Crippen molar-refractivity contribution in [3.05, 3.63) is 84.2 Å². The Morgan fingerprint density at radius 1 is 0.962 bits per heavy atom. The average molecular weight is 360 g/mol. The molecule has 4 rings (SSSR count). The Kier molecular flexibility index (Phi) is 4.57. The van der Waals surface area contributed by atoms with Crippen molar-refractivity contribution < 1.29 is 4.79 Å². The molecule has 6 heteroatoms. The molecule has 2 aromatic heterocycles. The Morgan fingerprint density at radius 2 is 1.73 bits per heavy atom. The highest BCUT2D eigenvalue weighted by molar-refractivity contribution is 7.22. The fraction of sp³-hybridized carbons (Fsp3) is 0.0500. The highest BCUT2D eigenvalue weighted by Crippen LogP contribution is 2.25. The van der Waals surface area contributed by atoms with Gasteiger partial charge in [0.2, 0.25) is 0 Å². The van der Waals surface area contributed by atoms with Gasteiger partial charge in [-0.3, -0.25) is 9.78 Å². The maximum Gasteiger partial charge on any atom is 0.255 e. The minimum Gasteiger partial charge on any atom is -0.357 e. The van der Waals surface area contributed by atoms with Crippen LogP contribution in [0.2, 0.25) is 0 Å². The molecule has 0 fully saturated rings. The lowest BCUT2D eigenvalue weighted by atomic mass is 10.1. The number of anilines is 2. The highest BCUT2D eigenvalue weighted by atomic mass is 32.1. The SMILES string of the molecule is O=C(Nc1ccncc1)c1ccc(CNc2nc3ccccc3s2)cc1. The number of amides is 1. The molecule has 1 amide bonds. The first-order valence-corrected chi connectivity index (χ1v) is 8.99. The predicted octanol–water partition coefficient (Wildman–Crippen LogP) is 4.56. The molecule has 0 atom stereocenters. The first kappa shape index (κ1) is 16.2. The van der Waals surface area contributed by atoms with Gasteiger partial charge in [0.15, 0.2) is 5.13 Å². The van der Waals surface area contributed by atoms with E-state index in [1.165, 1.54) is 0 Å². The summed E-state index contributed by atoms with van der Waals surface area (Å²) in [6, 6.07) is 19.1. The zero-order chi connectivity index (χ0) is 17.8. The molecule has 0 unspecified atom stereocenters. The highest BCUT2D eigenvalue weighted by Gasteiger charge is 2.07. The Morgan fingerprint density at radius 3 is 2.50 bits per heavy atom. The van der Waals surface area contributed by atoms with E-state index in [9.17, 15) is 4.79 Å². The molecular weight excluding hydrogens is 344 g/mol. The second kappa shape index (κ2) is 7.33. The summed E-state index contributed by atoms with van der Waals surface area (Å²) in [5.74, 6) is -0.137. The fourth-order valence-corrected chi connectivity index (χ4v) is 3.40. The molecule has 4 aromatic rings. The molecule has 2 N–H and O–H groups in total. The van der Waals surface area contributed by atoms with Gasteiger partial charge in [-0.1, -0.05) is 35.6 Å². The summed E-state index contributed by atoms with van der Waals surface area (Å²) < 4.78 is 1.16. The van der Waals surface area contributed by atoms with E-state index in [-0.39, 0.29) is 5.91 Å². The van der Waals surface area contributed by atoms with Crippen molar-refractivity contribution in [3.8, 4) is 0 Å². The normalized spacial score (nSPS) is 10.6. The van der Waals surface area contributed by atoms with Crippen LogP contribution in [-0.2, 0) is 6.54 Å². The number of nitrogens with zero attached hydrogens (tertiary/aromatic N) is 2. The van der Waals surface area contributed by atoms with Crippen molar-refractivity contribution in [2.75, 3.05) is 10.6 Å². The van der Waals surface area contributed by atoms with Gasteiger partial charge in [0, 0.05) is 30.2 Å². The third-order valence-electron chi connectivity index (χ3n) is 3.89. The zero-order valence-corrected chi connectivity index (χ0v) is 14.7. The third-order valence-corrected chi connectivity index (χ3v) is 4.89. The number of hydrogen-bond acceptors (Lipinski definition) is 5. The van der Waals surface area contributed by atoms with Crippen molar-refractivity contribution in [1.29, 1.82) is 0 Å². The number of thiazole rings is 1. The van der Waals surface area contributed by atoms with Crippen molar-refractivity contribution in [2.45, 2.75) is 6.54 Å². The second-order valence-electron chi connectivity index (χ2n) is 5.73. The summed E-state index contributed by atoms with van der Waals surface area (Å²) in [6.45, 7) is 0.659. The summed E-state index contributed by atoms with van der Waals surface area (Å²) in [4.78, 5) is 20.7. The summed E-state index contributed by atoms with van der Waals surface area (Å²) in [5.41, 5.74) is 3.44. The molecule has 0 aliphatic rings. The van der Waals surface area contributed by atoms with Crippen molar-refractivity contribution in [3.63, 3.8) is 0 Å². The topological polar surface area (TPSA) is 66.9 Å². The van der Waals surface area contributed by atoms with Gasteiger partial charge in [-0.25, -0.2) is 4.98 Å². The lowest BCUT2D eigenvalue weighted by Crippen LogP contribution is -2.12. The smallest absolute Gasteiger partial charge is 0.255 e. The molecule has 26 heavy (non-hydrogen) atoms. The molecule has 0 saturated heterocycles. The van der Waals surface area contributed by atoms with Gasteiger partial charge < -0.3 is 10.6 Å². The van der Waals surface area contributed by atoms with E-state index in [4.69, 9.17) is 0 Å². The quantitative estimate of drug-likeness (QED) is 0.548. The maximum atomic E-state index is 12.2. The molecule has 0 saturated carbocycles. The number of para-hydroxylation sites is 1. The van der Waals surface area contributed by atoms with Crippen LogP contribution in [0.15, 0.2) is 73.1 Å². The van der Waals surface area contributed by atoms with Crippen molar-refractivity contribution in [2.24, 2.45) is 0 Å². The van der Waals surface area contributed by atoms with Crippen LogP contribution in [-0.4, -0.2) is 15.9 Å². The standard InChI is InChI=1S/C20H16N4OS/c25-19(23-16-9-11-21-12-10-16)15-7-5-14(6-8-15)13-22-20-24-17-3-1-2-4-18(17)26-20/h1-12H,13H2,(H,22,24)(H,21,23,25). The lowest BCUT2D eigenvalue weighted by molar-refractivity contribution is 0.102. The van der Waals surface area contributed by atoms with Crippen LogP contribution >= 0.6 is 11.3 Å². The first-order chi connectivity index (χ1) is 12.8. The molecule has 0 aliphatic heterocycles. The van der Waals surface area contributed by atoms with Gasteiger partial charge in [-0.05, 0) is 42.0 Å². The van der Waals surface area contributed by atoms with Gasteiger partial charge in [0.25, 0.3) is 5.91 Å². The Labute approximate surface area is 154 Å².